The van der Waals surface area contributed by atoms with Crippen molar-refractivity contribution in [3.8, 4) is 5.69 Å². The average molecular weight is 402 g/mol. The summed E-state index contributed by atoms with van der Waals surface area (Å²) < 4.78 is 44.9. The van der Waals surface area contributed by atoms with Crippen molar-refractivity contribution in [3.05, 3.63) is 78.9 Å². The fourth-order valence-corrected chi connectivity index (χ4v) is 3.77. The third-order valence-corrected chi connectivity index (χ3v) is 5.05. The summed E-state index contributed by atoms with van der Waals surface area (Å²) in [6, 6.07) is 15.5. The van der Waals surface area contributed by atoms with Crippen molar-refractivity contribution in [2.45, 2.75) is 6.18 Å². The molecule has 0 fully saturated rings. The molecule has 5 aromatic rings. The molecule has 0 atom stereocenters. The minimum atomic E-state index is -4.36. The molecule has 0 N–H and O–H groups in total. The lowest BCUT2D eigenvalue weighted by Gasteiger charge is -2.06. The first kappa shape index (κ1) is 18.4. The number of rotatable bonds is 1. The van der Waals surface area contributed by atoms with Crippen LogP contribution in [-0.4, -0.2) is 9.13 Å². The molecular formula is C21H15ClF3N3. The molecule has 0 bridgehead atoms. The van der Waals surface area contributed by atoms with Crippen LogP contribution in [0.1, 0.15) is 5.56 Å². The van der Waals surface area contributed by atoms with E-state index in [4.69, 9.17) is 0 Å². The van der Waals surface area contributed by atoms with E-state index in [0.717, 1.165) is 39.5 Å². The molecule has 3 heterocycles. The van der Waals surface area contributed by atoms with Gasteiger partial charge in [-0.05, 0) is 30.3 Å². The highest BCUT2D eigenvalue weighted by Crippen LogP contribution is 2.31. The zero-order valence-electron chi connectivity index (χ0n) is 14.8. The fourth-order valence-electron chi connectivity index (χ4n) is 3.77. The number of hydrogen-bond donors (Lipinski definition) is 0. The zero-order chi connectivity index (χ0) is 18.8. The number of fused-ring (bicyclic) bond motifs is 5. The van der Waals surface area contributed by atoms with Crippen molar-refractivity contribution in [3.63, 3.8) is 0 Å². The van der Waals surface area contributed by atoms with Gasteiger partial charge in [-0.2, -0.15) is 13.2 Å². The Morgan fingerprint density at radius 3 is 2.50 bits per heavy atom. The lowest BCUT2D eigenvalue weighted by molar-refractivity contribution is -0.510. The summed E-state index contributed by atoms with van der Waals surface area (Å²) in [5.74, 6) is 0. The molecule has 0 saturated carbocycles. The molecule has 142 valence electrons. The van der Waals surface area contributed by atoms with Crippen LogP contribution in [0, 0.1) is 0 Å². The van der Waals surface area contributed by atoms with Crippen LogP contribution in [0.5, 0.6) is 0 Å². The van der Waals surface area contributed by atoms with Gasteiger partial charge in [-0.1, -0.05) is 24.3 Å². The van der Waals surface area contributed by atoms with Gasteiger partial charge in [-0.3, -0.25) is 0 Å². The summed E-state index contributed by atoms with van der Waals surface area (Å²) in [5.41, 5.74) is 2.92. The van der Waals surface area contributed by atoms with Gasteiger partial charge in [0, 0.05) is 23.3 Å². The first-order chi connectivity index (χ1) is 12.9. The van der Waals surface area contributed by atoms with Crippen LogP contribution in [0.2, 0.25) is 0 Å². The number of pyridine rings is 1. The van der Waals surface area contributed by atoms with Crippen molar-refractivity contribution in [2.75, 3.05) is 0 Å². The Bertz CT molecular complexity index is 1330. The first-order valence-electron chi connectivity index (χ1n) is 8.50. The van der Waals surface area contributed by atoms with E-state index in [1.165, 1.54) is 6.07 Å². The Kier molecular flexibility index (Phi) is 4.12. The van der Waals surface area contributed by atoms with E-state index in [1.54, 1.807) is 17.0 Å². The van der Waals surface area contributed by atoms with E-state index in [0.29, 0.717) is 5.69 Å². The highest BCUT2D eigenvalue weighted by Gasteiger charge is 2.31. The summed E-state index contributed by atoms with van der Waals surface area (Å²) in [5, 5.41) is 2.28. The highest BCUT2D eigenvalue weighted by molar-refractivity contribution is 6.11. The van der Waals surface area contributed by atoms with Crippen LogP contribution in [0.15, 0.2) is 73.3 Å². The molecule has 0 saturated heterocycles. The van der Waals surface area contributed by atoms with Crippen LogP contribution in [0.25, 0.3) is 33.0 Å². The van der Waals surface area contributed by atoms with Crippen molar-refractivity contribution in [1.29, 1.82) is 0 Å². The van der Waals surface area contributed by atoms with Crippen LogP contribution in [0.3, 0.4) is 0 Å². The highest BCUT2D eigenvalue weighted by atomic mass is 35.5. The van der Waals surface area contributed by atoms with Crippen LogP contribution < -0.4 is 16.8 Å². The SMILES string of the molecule is Cn1c2ccccc2c2cc[n+]3cn(-c4cccc(C(F)(F)F)c4)cc3c21.[Cl-]. The van der Waals surface area contributed by atoms with Crippen LogP contribution in [0.4, 0.5) is 13.2 Å². The smallest absolute Gasteiger partial charge is 0.416 e. The molecule has 5 rings (SSSR count). The van der Waals surface area contributed by atoms with E-state index >= 15 is 0 Å². The second-order valence-corrected chi connectivity index (χ2v) is 6.65. The number of nitrogens with zero attached hydrogens (tertiary/aromatic N) is 3. The van der Waals surface area contributed by atoms with Gasteiger partial charge in [-0.15, -0.1) is 0 Å². The van der Waals surface area contributed by atoms with Gasteiger partial charge in [0.2, 0.25) is 0 Å². The second kappa shape index (κ2) is 6.27. The Balaban J connectivity index is 0.00000192. The topological polar surface area (TPSA) is 14.0 Å². The number of aryl methyl sites for hydroxylation is 1. The second-order valence-electron chi connectivity index (χ2n) is 6.65. The Labute approximate surface area is 164 Å². The lowest BCUT2D eigenvalue weighted by atomic mass is 10.2. The quantitative estimate of drug-likeness (QED) is 0.381. The van der Waals surface area contributed by atoms with Gasteiger partial charge in [-0.25, -0.2) is 8.97 Å². The molecular weight excluding hydrogens is 387 g/mol. The standard InChI is InChI=1S/C21H15F3N3.ClH/c1-25-18-8-3-2-7-16(18)17-9-10-26-13-27(12-19(26)20(17)25)15-6-4-5-14(11-15)21(22,23)24;/h2-13H,1H3;1H/q+1;/p-1. The van der Waals surface area contributed by atoms with E-state index in [9.17, 15) is 13.2 Å². The summed E-state index contributed by atoms with van der Waals surface area (Å²) in [6.45, 7) is 0. The van der Waals surface area contributed by atoms with Crippen molar-refractivity contribution < 1.29 is 30.0 Å². The van der Waals surface area contributed by atoms with Gasteiger partial charge >= 0.3 is 6.18 Å². The minimum Gasteiger partial charge on any atom is -1.00 e. The molecule has 7 heteroatoms. The molecule has 28 heavy (non-hydrogen) atoms. The lowest BCUT2D eigenvalue weighted by Crippen LogP contribution is -3.00. The Hall–Kier alpha value is -2.99. The summed E-state index contributed by atoms with van der Waals surface area (Å²) >= 11 is 0. The number of halogens is 4. The van der Waals surface area contributed by atoms with Gasteiger partial charge < -0.3 is 17.0 Å². The fraction of sp³-hybridized carbons (Fsp3) is 0.0952. The molecule has 0 spiro atoms. The maximum Gasteiger partial charge on any atom is 0.416 e. The third-order valence-electron chi connectivity index (χ3n) is 5.05. The normalized spacial score (nSPS) is 12.0. The van der Waals surface area contributed by atoms with Crippen molar-refractivity contribution in [2.24, 2.45) is 7.05 Å². The minimum absolute atomic E-state index is 0. The molecule has 3 aromatic heterocycles. The van der Waals surface area contributed by atoms with Crippen LogP contribution >= 0.6 is 0 Å². The van der Waals surface area contributed by atoms with Crippen LogP contribution in [-0.2, 0) is 13.2 Å². The van der Waals surface area contributed by atoms with E-state index in [2.05, 4.69) is 16.7 Å². The number of aromatic nitrogens is 3. The molecule has 0 aliphatic heterocycles. The maximum atomic E-state index is 13.0. The van der Waals surface area contributed by atoms with E-state index < -0.39 is 11.7 Å². The molecule has 0 aliphatic carbocycles. The zero-order valence-corrected chi connectivity index (χ0v) is 15.5. The van der Waals surface area contributed by atoms with Crippen molar-refractivity contribution in [1.82, 2.24) is 9.13 Å². The molecule has 0 amide bonds. The number of benzene rings is 2. The monoisotopic (exact) mass is 401 g/mol. The molecule has 2 aromatic carbocycles. The summed E-state index contributed by atoms with van der Waals surface area (Å²) in [6.07, 6.45) is 1.24. The molecule has 3 nitrogen and oxygen atoms in total. The summed E-state index contributed by atoms with van der Waals surface area (Å²) in [4.78, 5) is 0. The number of para-hydroxylation sites is 1. The van der Waals surface area contributed by atoms with Gasteiger partial charge in [0.1, 0.15) is 17.4 Å². The number of hydrogen-bond acceptors (Lipinski definition) is 0. The first-order valence-corrected chi connectivity index (χ1v) is 8.50. The largest absolute Gasteiger partial charge is 1.00 e. The number of imidazole rings is 1. The predicted molar refractivity (Wildman–Crippen MR) is 97.9 cm³/mol. The number of alkyl halides is 3. The van der Waals surface area contributed by atoms with Crippen molar-refractivity contribution >= 4 is 27.3 Å². The average Bonchev–Trinajstić information content (AvgIpc) is 3.21. The predicted octanol–water partition coefficient (Wildman–Crippen LogP) is 1.88. The Morgan fingerprint density at radius 1 is 0.929 bits per heavy atom. The molecule has 0 unspecified atom stereocenters. The van der Waals surface area contributed by atoms with E-state index in [1.807, 2.05) is 42.0 Å². The molecule has 0 aliphatic rings. The van der Waals surface area contributed by atoms with Gasteiger partial charge in [0.25, 0.3) is 6.33 Å². The molecule has 0 radical (unpaired) electrons. The van der Waals surface area contributed by atoms with Gasteiger partial charge in [0.15, 0.2) is 5.52 Å². The maximum absolute atomic E-state index is 13.0. The van der Waals surface area contributed by atoms with Gasteiger partial charge in [0.05, 0.1) is 11.8 Å². The van der Waals surface area contributed by atoms with E-state index in [-0.39, 0.29) is 12.4 Å². The third kappa shape index (κ3) is 2.64. The summed E-state index contributed by atoms with van der Waals surface area (Å²) in [7, 11) is 2.01. The Morgan fingerprint density at radius 2 is 1.71 bits per heavy atom.